The van der Waals surface area contributed by atoms with E-state index in [0.29, 0.717) is 6.54 Å². The molecule has 88 valence electrons. The van der Waals surface area contributed by atoms with E-state index in [9.17, 15) is 4.79 Å². The summed E-state index contributed by atoms with van der Waals surface area (Å²) in [6, 6.07) is 0.181. The molecule has 15 heavy (non-hydrogen) atoms. The lowest BCUT2D eigenvalue weighted by Crippen LogP contribution is -2.53. The molecule has 0 spiro atoms. The van der Waals surface area contributed by atoms with E-state index < -0.39 is 0 Å². The first-order valence-corrected chi connectivity index (χ1v) is 5.54. The number of carbonyl (C=O) groups is 1. The van der Waals surface area contributed by atoms with Crippen LogP contribution in [0.2, 0.25) is 0 Å². The summed E-state index contributed by atoms with van der Waals surface area (Å²) in [5.41, 5.74) is 0. The van der Waals surface area contributed by atoms with Crippen molar-refractivity contribution in [3.05, 3.63) is 0 Å². The predicted octanol–water partition coefficient (Wildman–Crippen LogP) is -0.286. The van der Waals surface area contributed by atoms with Crippen molar-refractivity contribution in [1.82, 2.24) is 15.1 Å². The minimum absolute atomic E-state index is 0.0238. The molecule has 0 aromatic rings. The molecule has 1 saturated heterocycles. The molecule has 2 amide bonds. The number of carbonyl (C=O) groups excluding carboxylic acids is 1. The van der Waals surface area contributed by atoms with Gasteiger partial charge in [0, 0.05) is 38.8 Å². The number of urea groups is 1. The maximum atomic E-state index is 12.0. The minimum atomic E-state index is 0.0238. The normalized spacial score (nSPS) is 16.9. The lowest BCUT2D eigenvalue weighted by Gasteiger charge is -2.35. The number of aliphatic hydroxyl groups is 1. The molecule has 1 aliphatic heterocycles. The Morgan fingerprint density at radius 1 is 1.47 bits per heavy atom. The van der Waals surface area contributed by atoms with Gasteiger partial charge in [-0.3, -0.25) is 0 Å². The first kappa shape index (κ1) is 12.3. The van der Waals surface area contributed by atoms with Gasteiger partial charge in [-0.15, -0.1) is 0 Å². The van der Waals surface area contributed by atoms with E-state index in [1.807, 2.05) is 18.7 Å². The van der Waals surface area contributed by atoms with Gasteiger partial charge in [-0.25, -0.2) is 4.79 Å². The minimum Gasteiger partial charge on any atom is -0.395 e. The number of nitrogens with one attached hydrogen (secondary N) is 1. The van der Waals surface area contributed by atoms with Crippen LogP contribution in [-0.2, 0) is 0 Å². The second-order valence-electron chi connectivity index (χ2n) is 4.03. The first-order valence-electron chi connectivity index (χ1n) is 5.54. The van der Waals surface area contributed by atoms with Crippen molar-refractivity contribution in [2.45, 2.75) is 19.9 Å². The number of hydrogen-bond acceptors (Lipinski definition) is 3. The zero-order valence-electron chi connectivity index (χ0n) is 9.57. The summed E-state index contributed by atoms with van der Waals surface area (Å²) in [4.78, 5) is 15.6. The number of piperazine rings is 1. The standard InChI is InChI=1S/C10H21N3O2/c1-9(2)13(7-8-14)10(15)12-5-3-11-4-6-12/h9,11,14H,3-8H2,1-2H3. The maximum Gasteiger partial charge on any atom is 0.320 e. The van der Waals surface area contributed by atoms with Gasteiger partial charge in [0.05, 0.1) is 6.61 Å². The van der Waals surface area contributed by atoms with E-state index in [0.717, 1.165) is 26.2 Å². The van der Waals surface area contributed by atoms with Gasteiger partial charge in [-0.1, -0.05) is 0 Å². The lowest BCUT2D eigenvalue weighted by atomic mass is 10.3. The summed E-state index contributed by atoms with van der Waals surface area (Å²) in [5.74, 6) is 0. The van der Waals surface area contributed by atoms with E-state index in [1.54, 1.807) is 4.90 Å². The van der Waals surface area contributed by atoms with Gasteiger partial charge in [0.2, 0.25) is 0 Å². The molecular weight excluding hydrogens is 194 g/mol. The third kappa shape index (κ3) is 3.35. The van der Waals surface area contributed by atoms with Gasteiger partial charge in [-0.05, 0) is 13.8 Å². The van der Waals surface area contributed by atoms with Gasteiger partial charge >= 0.3 is 6.03 Å². The maximum absolute atomic E-state index is 12.0. The monoisotopic (exact) mass is 215 g/mol. The van der Waals surface area contributed by atoms with Crippen LogP contribution in [0.5, 0.6) is 0 Å². The van der Waals surface area contributed by atoms with Crippen LogP contribution in [0.25, 0.3) is 0 Å². The smallest absolute Gasteiger partial charge is 0.320 e. The fraction of sp³-hybridized carbons (Fsp3) is 0.900. The molecule has 0 saturated carbocycles. The Hall–Kier alpha value is -0.810. The van der Waals surface area contributed by atoms with Crippen molar-refractivity contribution in [3.63, 3.8) is 0 Å². The van der Waals surface area contributed by atoms with E-state index in [1.165, 1.54) is 0 Å². The average Bonchev–Trinajstić information content (AvgIpc) is 2.26. The van der Waals surface area contributed by atoms with Crippen molar-refractivity contribution in [2.75, 3.05) is 39.3 Å². The van der Waals surface area contributed by atoms with Gasteiger partial charge in [0.15, 0.2) is 0 Å². The molecule has 0 radical (unpaired) electrons. The summed E-state index contributed by atoms with van der Waals surface area (Å²) in [5, 5.41) is 12.1. The van der Waals surface area contributed by atoms with Crippen molar-refractivity contribution in [3.8, 4) is 0 Å². The Morgan fingerprint density at radius 2 is 2.07 bits per heavy atom. The zero-order valence-corrected chi connectivity index (χ0v) is 9.57. The van der Waals surface area contributed by atoms with Gasteiger partial charge < -0.3 is 20.2 Å². The Labute approximate surface area is 91.0 Å². The molecule has 1 rings (SSSR count). The lowest BCUT2D eigenvalue weighted by molar-refractivity contribution is 0.121. The van der Waals surface area contributed by atoms with E-state index >= 15 is 0 Å². The Bertz CT molecular complexity index is 203. The quantitative estimate of drug-likeness (QED) is 0.680. The summed E-state index contributed by atoms with van der Waals surface area (Å²) in [6.07, 6.45) is 0. The highest BCUT2D eigenvalue weighted by molar-refractivity contribution is 5.74. The van der Waals surface area contributed by atoms with Crippen LogP contribution < -0.4 is 5.32 Å². The topological polar surface area (TPSA) is 55.8 Å². The third-order valence-electron chi connectivity index (χ3n) is 2.60. The largest absolute Gasteiger partial charge is 0.395 e. The van der Waals surface area contributed by atoms with Crippen molar-refractivity contribution < 1.29 is 9.90 Å². The van der Waals surface area contributed by atoms with Crippen molar-refractivity contribution in [1.29, 1.82) is 0 Å². The number of nitrogens with zero attached hydrogens (tertiary/aromatic N) is 2. The van der Waals surface area contributed by atoms with Crippen LogP contribution in [0, 0.1) is 0 Å². The van der Waals surface area contributed by atoms with Gasteiger partial charge in [-0.2, -0.15) is 0 Å². The first-order chi connectivity index (χ1) is 7.16. The highest BCUT2D eigenvalue weighted by atomic mass is 16.3. The Morgan fingerprint density at radius 3 is 2.53 bits per heavy atom. The van der Waals surface area contributed by atoms with Crippen molar-refractivity contribution >= 4 is 6.03 Å². The van der Waals surface area contributed by atoms with Gasteiger partial charge in [0.25, 0.3) is 0 Å². The Kier molecular flexibility index (Phi) is 4.84. The fourth-order valence-electron chi connectivity index (χ4n) is 1.72. The molecule has 1 heterocycles. The molecule has 0 aromatic heterocycles. The summed E-state index contributed by atoms with van der Waals surface area (Å²) in [7, 11) is 0. The summed E-state index contributed by atoms with van der Waals surface area (Å²) >= 11 is 0. The predicted molar refractivity (Wildman–Crippen MR) is 58.8 cm³/mol. The van der Waals surface area contributed by atoms with Crippen LogP contribution in [-0.4, -0.2) is 66.3 Å². The van der Waals surface area contributed by atoms with Gasteiger partial charge in [0.1, 0.15) is 0 Å². The molecule has 1 aliphatic rings. The summed E-state index contributed by atoms with van der Waals surface area (Å²) < 4.78 is 0. The van der Waals surface area contributed by atoms with Crippen LogP contribution in [0.1, 0.15) is 13.8 Å². The third-order valence-corrected chi connectivity index (χ3v) is 2.60. The molecule has 0 unspecified atom stereocenters. The van der Waals surface area contributed by atoms with E-state index in [2.05, 4.69) is 5.32 Å². The molecule has 0 bridgehead atoms. The number of hydrogen-bond donors (Lipinski definition) is 2. The van der Waals surface area contributed by atoms with Crippen LogP contribution in [0.15, 0.2) is 0 Å². The zero-order chi connectivity index (χ0) is 11.3. The summed E-state index contributed by atoms with van der Waals surface area (Å²) in [6.45, 7) is 7.61. The molecular formula is C10H21N3O2. The molecule has 5 heteroatoms. The van der Waals surface area contributed by atoms with Crippen LogP contribution >= 0.6 is 0 Å². The molecule has 0 aliphatic carbocycles. The highest BCUT2D eigenvalue weighted by Crippen LogP contribution is 2.05. The number of rotatable bonds is 3. The number of amides is 2. The van der Waals surface area contributed by atoms with Crippen molar-refractivity contribution in [2.24, 2.45) is 0 Å². The second kappa shape index (κ2) is 5.92. The highest BCUT2D eigenvalue weighted by Gasteiger charge is 2.23. The average molecular weight is 215 g/mol. The van der Waals surface area contributed by atoms with Crippen LogP contribution in [0.3, 0.4) is 0 Å². The Balaban J connectivity index is 2.53. The fourth-order valence-corrected chi connectivity index (χ4v) is 1.72. The van der Waals surface area contributed by atoms with E-state index in [-0.39, 0.29) is 18.7 Å². The molecule has 5 nitrogen and oxygen atoms in total. The second-order valence-corrected chi connectivity index (χ2v) is 4.03. The van der Waals surface area contributed by atoms with E-state index in [4.69, 9.17) is 5.11 Å². The molecule has 0 atom stereocenters. The number of aliphatic hydroxyl groups excluding tert-OH is 1. The SMILES string of the molecule is CC(C)N(CCO)C(=O)N1CCNCC1. The molecule has 1 fully saturated rings. The van der Waals surface area contributed by atoms with Crippen LogP contribution in [0.4, 0.5) is 4.79 Å². The molecule has 0 aromatic carbocycles. The molecule has 2 N–H and O–H groups in total.